The highest BCUT2D eigenvalue weighted by atomic mass is 16.5. The second kappa shape index (κ2) is 8.34. The summed E-state index contributed by atoms with van der Waals surface area (Å²) in [5.41, 5.74) is 9.97. The van der Waals surface area contributed by atoms with Gasteiger partial charge in [0.25, 0.3) is 0 Å². The number of methoxy groups -OCH3 is 1. The van der Waals surface area contributed by atoms with Crippen LogP contribution in [0.15, 0.2) is 48.5 Å². The van der Waals surface area contributed by atoms with Crippen LogP contribution in [-0.2, 0) is 11.2 Å². The number of amides is 1. The lowest BCUT2D eigenvalue weighted by molar-refractivity contribution is -0.122. The van der Waals surface area contributed by atoms with Crippen LogP contribution in [0.3, 0.4) is 0 Å². The van der Waals surface area contributed by atoms with E-state index in [0.29, 0.717) is 12.8 Å². The summed E-state index contributed by atoms with van der Waals surface area (Å²) in [5.74, 6) is 1.04. The Morgan fingerprint density at radius 1 is 1.15 bits per heavy atom. The van der Waals surface area contributed by atoms with Crippen molar-refractivity contribution in [3.05, 3.63) is 65.2 Å². The summed E-state index contributed by atoms with van der Waals surface area (Å²) in [6.07, 6.45) is 0.950. The van der Waals surface area contributed by atoms with Gasteiger partial charge in [0, 0.05) is 18.4 Å². The van der Waals surface area contributed by atoms with Crippen molar-refractivity contribution in [2.45, 2.75) is 44.8 Å². The minimum atomic E-state index is -0.128. The zero-order chi connectivity index (χ0) is 18.5. The first-order chi connectivity index (χ1) is 12.6. The molecule has 0 aliphatic carbocycles. The summed E-state index contributed by atoms with van der Waals surface area (Å²) in [7, 11) is 1.65. The van der Waals surface area contributed by atoms with E-state index in [4.69, 9.17) is 4.74 Å². The molecular weight excluding hydrogens is 326 g/mol. The van der Waals surface area contributed by atoms with Crippen LogP contribution in [0.4, 0.5) is 0 Å². The van der Waals surface area contributed by atoms with Gasteiger partial charge >= 0.3 is 0 Å². The largest absolute Gasteiger partial charge is 0.496 e. The highest BCUT2D eigenvalue weighted by Gasteiger charge is 2.35. The van der Waals surface area contributed by atoms with Gasteiger partial charge < -0.3 is 10.1 Å². The quantitative estimate of drug-likeness (QED) is 0.747. The zero-order valence-corrected chi connectivity index (χ0v) is 15.6. The molecule has 0 saturated carbocycles. The molecule has 0 spiro atoms. The van der Waals surface area contributed by atoms with Gasteiger partial charge in [0.2, 0.25) is 5.91 Å². The van der Waals surface area contributed by atoms with E-state index in [1.165, 1.54) is 11.1 Å². The molecule has 3 unspecified atom stereocenters. The smallest absolute Gasteiger partial charge is 0.221 e. The van der Waals surface area contributed by atoms with Gasteiger partial charge in [-0.2, -0.15) is 0 Å². The molecule has 5 nitrogen and oxygen atoms in total. The standard InChI is InChI=1S/C21H27N3O2/c1-14-7-6-9-17(13-14)20-15(2)23-24-21(20)22-19(25)12-11-16-8-4-5-10-18(16)26-3/h4-10,13,15,20-21,23-24H,11-12H2,1-3H3,(H,22,25). The van der Waals surface area contributed by atoms with Crippen LogP contribution < -0.4 is 20.9 Å². The van der Waals surface area contributed by atoms with Gasteiger partial charge in [-0.25, -0.2) is 5.43 Å². The van der Waals surface area contributed by atoms with E-state index >= 15 is 0 Å². The normalized spacial score (nSPS) is 22.2. The van der Waals surface area contributed by atoms with E-state index in [-0.39, 0.29) is 24.0 Å². The Morgan fingerprint density at radius 3 is 2.73 bits per heavy atom. The minimum Gasteiger partial charge on any atom is -0.496 e. The fourth-order valence-electron chi connectivity index (χ4n) is 3.58. The van der Waals surface area contributed by atoms with E-state index in [1.54, 1.807) is 7.11 Å². The van der Waals surface area contributed by atoms with Crippen LogP contribution in [0.1, 0.15) is 36.0 Å². The number of rotatable bonds is 6. The Kier molecular flexibility index (Phi) is 5.91. The lowest BCUT2D eigenvalue weighted by Gasteiger charge is -2.23. The van der Waals surface area contributed by atoms with E-state index < -0.39 is 0 Å². The highest BCUT2D eigenvalue weighted by Crippen LogP contribution is 2.27. The average molecular weight is 353 g/mol. The van der Waals surface area contributed by atoms with Crippen molar-refractivity contribution >= 4 is 5.91 Å². The van der Waals surface area contributed by atoms with E-state index in [0.717, 1.165) is 11.3 Å². The number of nitrogens with one attached hydrogen (secondary N) is 3. The number of hydrogen-bond acceptors (Lipinski definition) is 4. The van der Waals surface area contributed by atoms with Crippen molar-refractivity contribution in [2.24, 2.45) is 0 Å². The van der Waals surface area contributed by atoms with Crippen molar-refractivity contribution < 1.29 is 9.53 Å². The molecule has 3 atom stereocenters. The lowest BCUT2D eigenvalue weighted by atomic mass is 9.90. The zero-order valence-electron chi connectivity index (χ0n) is 15.6. The van der Waals surface area contributed by atoms with E-state index in [2.05, 4.69) is 54.3 Å². The number of hydrogen-bond donors (Lipinski definition) is 3. The molecule has 0 radical (unpaired) electrons. The number of carbonyl (C=O) groups is 1. The molecule has 0 bridgehead atoms. The molecule has 138 valence electrons. The highest BCUT2D eigenvalue weighted by molar-refractivity contribution is 5.76. The Bertz CT molecular complexity index is 762. The van der Waals surface area contributed by atoms with E-state index in [9.17, 15) is 4.79 Å². The Hall–Kier alpha value is -2.37. The average Bonchev–Trinajstić information content (AvgIpc) is 3.00. The maximum Gasteiger partial charge on any atom is 0.221 e. The van der Waals surface area contributed by atoms with Gasteiger partial charge in [0.1, 0.15) is 11.9 Å². The summed E-state index contributed by atoms with van der Waals surface area (Å²) in [6, 6.07) is 16.5. The summed E-state index contributed by atoms with van der Waals surface area (Å²) in [6.45, 7) is 4.21. The maximum absolute atomic E-state index is 12.5. The monoisotopic (exact) mass is 353 g/mol. The second-order valence-corrected chi connectivity index (χ2v) is 6.87. The molecule has 0 aromatic heterocycles. The molecule has 1 heterocycles. The molecule has 3 N–H and O–H groups in total. The van der Waals surface area contributed by atoms with Crippen LogP contribution in [0, 0.1) is 6.92 Å². The predicted molar refractivity (Wildman–Crippen MR) is 103 cm³/mol. The molecular formula is C21H27N3O2. The van der Waals surface area contributed by atoms with E-state index in [1.807, 2.05) is 24.3 Å². The molecule has 1 aliphatic rings. The van der Waals surface area contributed by atoms with Gasteiger partial charge in [-0.1, -0.05) is 48.0 Å². The van der Waals surface area contributed by atoms with Crippen LogP contribution in [0.5, 0.6) is 5.75 Å². The fourth-order valence-corrected chi connectivity index (χ4v) is 3.58. The second-order valence-electron chi connectivity index (χ2n) is 6.87. The van der Waals surface area contributed by atoms with Gasteiger partial charge in [0.15, 0.2) is 0 Å². The topological polar surface area (TPSA) is 62.4 Å². The van der Waals surface area contributed by atoms with Gasteiger partial charge in [0.05, 0.1) is 7.11 Å². The third kappa shape index (κ3) is 4.23. The van der Waals surface area contributed by atoms with Crippen LogP contribution >= 0.6 is 0 Å². The number of hydrazine groups is 1. The van der Waals surface area contributed by atoms with Crippen LogP contribution in [0.25, 0.3) is 0 Å². The molecule has 1 saturated heterocycles. The van der Waals surface area contributed by atoms with Crippen molar-refractivity contribution in [3.8, 4) is 5.75 Å². The number of para-hydroxylation sites is 1. The summed E-state index contributed by atoms with van der Waals surface area (Å²) in [5, 5.41) is 3.13. The van der Waals surface area contributed by atoms with Crippen molar-refractivity contribution in [2.75, 3.05) is 7.11 Å². The Balaban J connectivity index is 1.63. The molecule has 1 fully saturated rings. The van der Waals surface area contributed by atoms with Crippen molar-refractivity contribution in [1.29, 1.82) is 0 Å². The van der Waals surface area contributed by atoms with Gasteiger partial charge in [-0.15, -0.1) is 0 Å². The first-order valence-electron chi connectivity index (χ1n) is 9.07. The minimum absolute atomic E-state index is 0.0296. The molecule has 26 heavy (non-hydrogen) atoms. The van der Waals surface area contributed by atoms with Gasteiger partial charge in [-0.3, -0.25) is 10.2 Å². The Morgan fingerprint density at radius 2 is 1.96 bits per heavy atom. The maximum atomic E-state index is 12.5. The molecule has 1 amide bonds. The van der Waals surface area contributed by atoms with Crippen molar-refractivity contribution in [1.82, 2.24) is 16.2 Å². The third-order valence-electron chi connectivity index (χ3n) is 4.92. The number of aryl methyl sites for hydroxylation is 2. The fraction of sp³-hybridized carbons (Fsp3) is 0.381. The molecule has 2 aromatic rings. The molecule has 3 rings (SSSR count). The summed E-state index contributed by atoms with van der Waals surface area (Å²) in [4.78, 5) is 12.5. The van der Waals surface area contributed by atoms with Crippen LogP contribution in [0.2, 0.25) is 0 Å². The van der Waals surface area contributed by atoms with Gasteiger partial charge in [-0.05, 0) is 37.5 Å². The van der Waals surface area contributed by atoms with Crippen molar-refractivity contribution in [3.63, 3.8) is 0 Å². The molecule has 5 heteroatoms. The summed E-state index contributed by atoms with van der Waals surface area (Å²) < 4.78 is 5.36. The molecule has 1 aliphatic heterocycles. The number of benzene rings is 2. The predicted octanol–water partition coefficient (Wildman–Crippen LogP) is 2.66. The third-order valence-corrected chi connectivity index (χ3v) is 4.92. The summed E-state index contributed by atoms with van der Waals surface area (Å²) >= 11 is 0. The number of carbonyl (C=O) groups excluding carboxylic acids is 1. The SMILES string of the molecule is COc1ccccc1CCC(=O)NC1NNC(C)C1c1cccc(C)c1. The van der Waals surface area contributed by atoms with Crippen LogP contribution in [-0.4, -0.2) is 25.2 Å². The first-order valence-corrected chi connectivity index (χ1v) is 9.07. The Labute approximate surface area is 155 Å². The first kappa shape index (κ1) is 18.4. The number of ether oxygens (including phenoxy) is 1. The molecule has 2 aromatic carbocycles. The lowest BCUT2D eigenvalue weighted by Crippen LogP contribution is -2.46.